The molecule has 110 valence electrons. The molecule has 1 N–H and O–H groups in total. The highest BCUT2D eigenvalue weighted by Crippen LogP contribution is 2.17. The third-order valence-corrected chi connectivity index (χ3v) is 3.38. The average molecular weight is 293 g/mol. The number of benzene rings is 1. The molecule has 0 radical (unpaired) electrons. The lowest BCUT2D eigenvalue weighted by atomic mass is 10.1. The largest absolute Gasteiger partial charge is 0.496 e. The molecular weight excluding hydrogens is 278 g/mol. The van der Waals surface area contributed by atoms with Gasteiger partial charge in [0.1, 0.15) is 5.75 Å². The van der Waals surface area contributed by atoms with E-state index >= 15 is 0 Å². The molecule has 2 heterocycles. The van der Waals surface area contributed by atoms with Crippen LogP contribution in [-0.2, 0) is 6.54 Å². The topological polar surface area (TPSA) is 64.1 Å². The highest BCUT2D eigenvalue weighted by molar-refractivity contribution is 5.97. The van der Waals surface area contributed by atoms with E-state index in [1.54, 1.807) is 31.8 Å². The summed E-state index contributed by atoms with van der Waals surface area (Å²) in [7, 11) is 1.61. The van der Waals surface area contributed by atoms with Gasteiger partial charge >= 0.3 is 0 Å². The second-order valence-corrected chi connectivity index (χ2v) is 4.79. The SMILES string of the molecule is COc1ccccc1CNC(=O)c1cnc2ccncc2c1. The number of hydrogen-bond acceptors (Lipinski definition) is 4. The summed E-state index contributed by atoms with van der Waals surface area (Å²) < 4.78 is 5.27. The lowest BCUT2D eigenvalue weighted by molar-refractivity contribution is 0.0950. The maximum Gasteiger partial charge on any atom is 0.253 e. The Morgan fingerprint density at radius 2 is 2.09 bits per heavy atom. The normalized spacial score (nSPS) is 10.4. The monoisotopic (exact) mass is 293 g/mol. The first-order valence-electron chi connectivity index (χ1n) is 6.88. The fraction of sp³-hybridized carbons (Fsp3) is 0.118. The summed E-state index contributed by atoms with van der Waals surface area (Å²) in [6.45, 7) is 0.397. The van der Waals surface area contributed by atoms with Crippen molar-refractivity contribution in [1.82, 2.24) is 15.3 Å². The number of carbonyl (C=O) groups excluding carboxylic acids is 1. The number of amides is 1. The van der Waals surface area contributed by atoms with Crippen LogP contribution < -0.4 is 10.1 Å². The lowest BCUT2D eigenvalue weighted by Gasteiger charge is -2.09. The second-order valence-electron chi connectivity index (χ2n) is 4.79. The minimum atomic E-state index is -0.177. The summed E-state index contributed by atoms with van der Waals surface area (Å²) in [5.41, 5.74) is 2.25. The van der Waals surface area contributed by atoms with Crippen molar-refractivity contribution in [2.24, 2.45) is 0 Å². The Morgan fingerprint density at radius 1 is 1.23 bits per heavy atom. The van der Waals surface area contributed by atoms with Crippen molar-refractivity contribution in [3.63, 3.8) is 0 Å². The Morgan fingerprint density at radius 3 is 2.95 bits per heavy atom. The first-order valence-corrected chi connectivity index (χ1v) is 6.88. The van der Waals surface area contributed by atoms with Crippen molar-refractivity contribution < 1.29 is 9.53 Å². The van der Waals surface area contributed by atoms with Crippen LogP contribution in [0, 0.1) is 0 Å². The Hall–Kier alpha value is -2.95. The van der Waals surface area contributed by atoms with Crippen LogP contribution in [0.15, 0.2) is 55.0 Å². The summed E-state index contributed by atoms with van der Waals surface area (Å²) >= 11 is 0. The molecule has 2 aromatic heterocycles. The van der Waals surface area contributed by atoms with E-state index in [4.69, 9.17) is 4.74 Å². The quantitative estimate of drug-likeness (QED) is 0.803. The number of ether oxygens (including phenoxy) is 1. The molecule has 0 aliphatic heterocycles. The van der Waals surface area contributed by atoms with Crippen LogP contribution in [-0.4, -0.2) is 23.0 Å². The zero-order valence-electron chi connectivity index (χ0n) is 12.1. The predicted octanol–water partition coefficient (Wildman–Crippen LogP) is 2.57. The van der Waals surface area contributed by atoms with E-state index in [-0.39, 0.29) is 5.91 Å². The molecule has 1 aromatic carbocycles. The molecule has 0 aliphatic carbocycles. The number of methoxy groups -OCH3 is 1. The van der Waals surface area contributed by atoms with Crippen molar-refractivity contribution in [2.45, 2.75) is 6.54 Å². The molecule has 1 amide bonds. The van der Waals surface area contributed by atoms with E-state index in [0.29, 0.717) is 12.1 Å². The van der Waals surface area contributed by atoms with Gasteiger partial charge < -0.3 is 10.1 Å². The van der Waals surface area contributed by atoms with Gasteiger partial charge in [0, 0.05) is 36.1 Å². The summed E-state index contributed by atoms with van der Waals surface area (Å²) in [4.78, 5) is 20.6. The smallest absolute Gasteiger partial charge is 0.253 e. The van der Waals surface area contributed by atoms with Crippen LogP contribution in [0.25, 0.3) is 10.9 Å². The van der Waals surface area contributed by atoms with Crippen molar-refractivity contribution in [3.8, 4) is 5.75 Å². The number of para-hydroxylation sites is 1. The minimum Gasteiger partial charge on any atom is -0.496 e. The molecule has 0 fully saturated rings. The molecule has 0 bridgehead atoms. The molecule has 5 heteroatoms. The third kappa shape index (κ3) is 2.88. The van der Waals surface area contributed by atoms with E-state index in [1.165, 1.54) is 0 Å². The van der Waals surface area contributed by atoms with Gasteiger partial charge in [0.25, 0.3) is 5.91 Å². The molecule has 0 saturated carbocycles. The molecule has 3 aromatic rings. The maximum absolute atomic E-state index is 12.2. The third-order valence-electron chi connectivity index (χ3n) is 3.38. The van der Waals surface area contributed by atoms with Crippen LogP contribution in [0.3, 0.4) is 0 Å². The molecular formula is C17H15N3O2. The standard InChI is InChI=1S/C17H15N3O2/c1-22-16-5-3-2-4-12(16)10-20-17(21)14-8-13-9-18-7-6-15(13)19-11-14/h2-9,11H,10H2,1H3,(H,20,21). The Bertz CT molecular complexity index is 818. The highest BCUT2D eigenvalue weighted by atomic mass is 16.5. The number of rotatable bonds is 4. The molecule has 0 atom stereocenters. The van der Waals surface area contributed by atoms with E-state index < -0.39 is 0 Å². The minimum absolute atomic E-state index is 0.177. The second kappa shape index (κ2) is 6.22. The molecule has 22 heavy (non-hydrogen) atoms. The molecule has 5 nitrogen and oxygen atoms in total. The van der Waals surface area contributed by atoms with E-state index in [1.807, 2.05) is 30.3 Å². The predicted molar refractivity (Wildman–Crippen MR) is 83.7 cm³/mol. The van der Waals surface area contributed by atoms with E-state index in [9.17, 15) is 4.79 Å². The van der Waals surface area contributed by atoms with Gasteiger partial charge in [-0.15, -0.1) is 0 Å². The Balaban J connectivity index is 1.75. The number of hydrogen-bond donors (Lipinski definition) is 1. The maximum atomic E-state index is 12.2. The van der Waals surface area contributed by atoms with Crippen molar-refractivity contribution >= 4 is 16.8 Å². The molecule has 0 unspecified atom stereocenters. The van der Waals surface area contributed by atoms with Crippen LogP contribution in [0.2, 0.25) is 0 Å². The summed E-state index contributed by atoms with van der Waals surface area (Å²) in [6.07, 6.45) is 4.94. The molecule has 0 spiro atoms. The number of nitrogens with zero attached hydrogens (tertiary/aromatic N) is 2. The summed E-state index contributed by atoms with van der Waals surface area (Å²) in [6, 6.07) is 11.2. The van der Waals surface area contributed by atoms with Crippen molar-refractivity contribution in [3.05, 3.63) is 66.1 Å². The van der Waals surface area contributed by atoms with Gasteiger partial charge in [-0.25, -0.2) is 0 Å². The number of pyridine rings is 2. The van der Waals surface area contributed by atoms with Crippen LogP contribution >= 0.6 is 0 Å². The summed E-state index contributed by atoms with van der Waals surface area (Å²) in [5.74, 6) is 0.577. The van der Waals surface area contributed by atoms with Gasteiger partial charge in [-0.2, -0.15) is 0 Å². The van der Waals surface area contributed by atoms with Gasteiger partial charge in [0.05, 0.1) is 18.2 Å². The van der Waals surface area contributed by atoms with Gasteiger partial charge in [0.15, 0.2) is 0 Å². The number of fused-ring (bicyclic) bond motifs is 1. The first kappa shape index (κ1) is 14.0. The molecule has 0 saturated heterocycles. The van der Waals surface area contributed by atoms with Crippen molar-refractivity contribution in [1.29, 1.82) is 0 Å². The Labute approximate surface area is 128 Å². The fourth-order valence-corrected chi connectivity index (χ4v) is 2.22. The lowest BCUT2D eigenvalue weighted by Crippen LogP contribution is -2.23. The highest BCUT2D eigenvalue weighted by Gasteiger charge is 2.08. The first-order chi connectivity index (χ1) is 10.8. The van der Waals surface area contributed by atoms with E-state index in [2.05, 4.69) is 15.3 Å². The number of aromatic nitrogens is 2. The molecule has 3 rings (SSSR count). The number of carbonyl (C=O) groups is 1. The van der Waals surface area contributed by atoms with Gasteiger partial charge in [0.2, 0.25) is 0 Å². The fourth-order valence-electron chi connectivity index (χ4n) is 2.22. The van der Waals surface area contributed by atoms with Gasteiger partial charge in [-0.3, -0.25) is 14.8 Å². The zero-order chi connectivity index (χ0) is 15.4. The number of nitrogens with one attached hydrogen (secondary N) is 1. The van der Waals surface area contributed by atoms with Gasteiger partial charge in [-0.05, 0) is 18.2 Å². The zero-order valence-corrected chi connectivity index (χ0v) is 12.1. The molecule has 0 aliphatic rings. The Kier molecular flexibility index (Phi) is 3.96. The van der Waals surface area contributed by atoms with E-state index in [0.717, 1.165) is 22.2 Å². The van der Waals surface area contributed by atoms with Crippen LogP contribution in [0.4, 0.5) is 0 Å². The van der Waals surface area contributed by atoms with Crippen molar-refractivity contribution in [2.75, 3.05) is 7.11 Å². The van der Waals surface area contributed by atoms with Crippen LogP contribution in [0.5, 0.6) is 5.75 Å². The average Bonchev–Trinajstić information content (AvgIpc) is 2.59. The summed E-state index contributed by atoms with van der Waals surface area (Å²) in [5, 5.41) is 3.72. The van der Waals surface area contributed by atoms with Crippen LogP contribution in [0.1, 0.15) is 15.9 Å². The van der Waals surface area contributed by atoms with Gasteiger partial charge in [-0.1, -0.05) is 18.2 Å².